The molecule has 0 heterocycles. The monoisotopic (exact) mass is 395 g/mol. The smallest absolute Gasteiger partial charge is 0.262 e. The highest BCUT2D eigenvalue weighted by atomic mass is 79.9. The van der Waals surface area contributed by atoms with Crippen molar-refractivity contribution in [2.24, 2.45) is 5.10 Å². The summed E-state index contributed by atoms with van der Waals surface area (Å²) in [6.07, 6.45) is 1.62. The van der Waals surface area contributed by atoms with Gasteiger partial charge < -0.3 is 5.32 Å². The number of hydrogen-bond donors (Lipinski definition) is 2. The van der Waals surface area contributed by atoms with Gasteiger partial charge in [0.2, 0.25) is 0 Å². The summed E-state index contributed by atoms with van der Waals surface area (Å²) in [5.74, 6) is -0.193. The molecule has 0 fully saturated rings. The number of fused-ring (bicyclic) bond motifs is 1. The van der Waals surface area contributed by atoms with E-state index in [0.29, 0.717) is 0 Å². The van der Waals surface area contributed by atoms with E-state index >= 15 is 0 Å². The van der Waals surface area contributed by atoms with Crippen LogP contribution in [0.25, 0.3) is 10.8 Å². The summed E-state index contributed by atoms with van der Waals surface area (Å²) in [6, 6.07) is 21.3. The summed E-state index contributed by atoms with van der Waals surface area (Å²) >= 11 is 3.38. The van der Waals surface area contributed by atoms with Crippen LogP contribution >= 0.6 is 15.9 Å². The van der Waals surface area contributed by atoms with Crippen molar-refractivity contribution in [2.45, 2.75) is 13.0 Å². The maximum Gasteiger partial charge on any atom is 0.262 e. The first-order valence-corrected chi connectivity index (χ1v) is 8.75. The lowest BCUT2D eigenvalue weighted by atomic mass is 10.1. The third kappa shape index (κ3) is 4.45. The van der Waals surface area contributed by atoms with Crippen molar-refractivity contribution >= 4 is 44.5 Å². The summed E-state index contributed by atoms with van der Waals surface area (Å²) in [5, 5.41) is 9.48. The quantitative estimate of drug-likeness (QED) is 0.491. The van der Waals surface area contributed by atoms with Crippen LogP contribution in [0.2, 0.25) is 0 Å². The first-order chi connectivity index (χ1) is 12.1. The highest BCUT2D eigenvalue weighted by molar-refractivity contribution is 9.10. The molecule has 1 atom stereocenters. The molecule has 0 saturated carbocycles. The Kier molecular flexibility index (Phi) is 5.46. The zero-order valence-electron chi connectivity index (χ0n) is 13.7. The van der Waals surface area contributed by atoms with E-state index in [-0.39, 0.29) is 5.91 Å². The lowest BCUT2D eigenvalue weighted by Gasteiger charge is -2.15. The molecule has 0 bridgehead atoms. The van der Waals surface area contributed by atoms with Gasteiger partial charge in [-0.3, -0.25) is 4.79 Å². The Hall–Kier alpha value is -2.66. The minimum atomic E-state index is -0.409. The van der Waals surface area contributed by atoms with Crippen molar-refractivity contribution in [3.63, 3.8) is 0 Å². The minimum absolute atomic E-state index is 0.193. The topological polar surface area (TPSA) is 53.5 Å². The van der Waals surface area contributed by atoms with Crippen LogP contribution < -0.4 is 10.7 Å². The van der Waals surface area contributed by atoms with Crippen LogP contribution in [-0.2, 0) is 4.79 Å². The lowest BCUT2D eigenvalue weighted by Crippen LogP contribution is -2.34. The van der Waals surface area contributed by atoms with Crippen LogP contribution in [0, 0.1) is 0 Å². The van der Waals surface area contributed by atoms with Crippen molar-refractivity contribution in [3.05, 3.63) is 76.8 Å². The second-order valence-electron chi connectivity index (χ2n) is 5.68. The third-order valence-corrected chi connectivity index (χ3v) is 4.34. The summed E-state index contributed by atoms with van der Waals surface area (Å²) in [5.41, 5.74) is 4.41. The van der Waals surface area contributed by atoms with Crippen LogP contribution in [0.1, 0.15) is 12.5 Å². The minimum Gasteiger partial charge on any atom is -0.373 e. The van der Waals surface area contributed by atoms with Crippen LogP contribution in [0.15, 0.2) is 76.3 Å². The summed E-state index contributed by atoms with van der Waals surface area (Å²) in [4.78, 5) is 12.2. The first kappa shape index (κ1) is 17.2. The zero-order chi connectivity index (χ0) is 17.6. The van der Waals surface area contributed by atoms with E-state index in [1.54, 1.807) is 6.21 Å². The van der Waals surface area contributed by atoms with Gasteiger partial charge in [0.15, 0.2) is 0 Å². The lowest BCUT2D eigenvalue weighted by molar-refractivity contribution is -0.121. The Morgan fingerprint density at radius 3 is 2.56 bits per heavy atom. The number of benzene rings is 3. The molecule has 0 aliphatic rings. The summed E-state index contributed by atoms with van der Waals surface area (Å²) in [6.45, 7) is 1.81. The van der Waals surface area contributed by atoms with Crippen LogP contribution in [0.5, 0.6) is 0 Å². The normalized spacial score (nSPS) is 12.2. The van der Waals surface area contributed by atoms with Crippen LogP contribution in [0.3, 0.4) is 0 Å². The first-order valence-electron chi connectivity index (χ1n) is 7.96. The molecular weight excluding hydrogens is 378 g/mol. The molecule has 0 saturated heterocycles. The Labute approximate surface area is 155 Å². The van der Waals surface area contributed by atoms with Gasteiger partial charge >= 0.3 is 0 Å². The van der Waals surface area contributed by atoms with E-state index in [0.717, 1.165) is 26.5 Å². The molecule has 0 spiro atoms. The second-order valence-corrected chi connectivity index (χ2v) is 6.59. The van der Waals surface area contributed by atoms with Crippen molar-refractivity contribution in [3.8, 4) is 0 Å². The van der Waals surface area contributed by atoms with Gasteiger partial charge in [0.05, 0.1) is 6.21 Å². The highest BCUT2D eigenvalue weighted by Gasteiger charge is 2.12. The van der Waals surface area contributed by atoms with E-state index in [9.17, 15) is 4.79 Å². The van der Waals surface area contributed by atoms with Crippen molar-refractivity contribution in [2.75, 3.05) is 5.32 Å². The number of nitrogens with one attached hydrogen (secondary N) is 2. The van der Waals surface area contributed by atoms with Crippen molar-refractivity contribution in [1.82, 2.24) is 5.43 Å². The van der Waals surface area contributed by atoms with E-state index < -0.39 is 6.04 Å². The average Bonchev–Trinajstić information content (AvgIpc) is 2.63. The van der Waals surface area contributed by atoms with Gasteiger partial charge in [0.25, 0.3) is 5.91 Å². The summed E-state index contributed by atoms with van der Waals surface area (Å²) < 4.78 is 1.00. The fourth-order valence-electron chi connectivity index (χ4n) is 2.47. The predicted molar refractivity (Wildman–Crippen MR) is 107 cm³/mol. The maximum absolute atomic E-state index is 12.2. The predicted octanol–water partition coefficient (Wildman–Crippen LogP) is 4.55. The highest BCUT2D eigenvalue weighted by Crippen LogP contribution is 2.23. The molecule has 0 radical (unpaired) electrons. The molecule has 3 rings (SSSR count). The largest absolute Gasteiger partial charge is 0.373 e. The molecular formula is C20H18BrN3O. The Balaban J connectivity index is 1.63. The van der Waals surface area contributed by atoms with E-state index in [2.05, 4.69) is 31.8 Å². The van der Waals surface area contributed by atoms with Gasteiger partial charge in [-0.15, -0.1) is 0 Å². The second kappa shape index (κ2) is 7.94. The molecule has 2 N–H and O–H groups in total. The standard InChI is InChI=1S/C20H18BrN3O/c1-14(20(25)24-22-13-15-9-11-17(21)12-10-15)23-19-8-4-6-16-5-2-3-7-18(16)19/h2-14,23H,1H3,(H,24,25)/b22-13+. The number of anilines is 1. The van der Waals surface area contributed by atoms with E-state index in [1.807, 2.05) is 73.7 Å². The Morgan fingerprint density at radius 1 is 1.04 bits per heavy atom. The van der Waals surface area contributed by atoms with Gasteiger partial charge in [0.1, 0.15) is 6.04 Å². The molecule has 0 aliphatic heterocycles. The average molecular weight is 396 g/mol. The number of amides is 1. The third-order valence-electron chi connectivity index (χ3n) is 3.81. The number of hydrogen-bond acceptors (Lipinski definition) is 3. The van der Waals surface area contributed by atoms with Crippen LogP contribution in [-0.4, -0.2) is 18.2 Å². The molecule has 0 aromatic heterocycles. The molecule has 0 aliphatic carbocycles. The number of nitrogens with zero attached hydrogens (tertiary/aromatic N) is 1. The van der Waals surface area contributed by atoms with Crippen molar-refractivity contribution < 1.29 is 4.79 Å². The van der Waals surface area contributed by atoms with Gasteiger partial charge in [-0.05, 0) is 36.1 Å². The number of rotatable bonds is 5. The van der Waals surface area contributed by atoms with E-state index in [4.69, 9.17) is 0 Å². The Morgan fingerprint density at radius 2 is 1.76 bits per heavy atom. The van der Waals surface area contributed by atoms with Gasteiger partial charge in [-0.25, -0.2) is 5.43 Å². The SMILES string of the molecule is CC(Nc1cccc2ccccc12)C(=O)N/N=C/c1ccc(Br)cc1. The molecule has 5 heteroatoms. The van der Waals surface area contributed by atoms with E-state index in [1.165, 1.54) is 0 Å². The molecule has 3 aromatic carbocycles. The van der Waals surface area contributed by atoms with Crippen LogP contribution in [0.4, 0.5) is 5.69 Å². The van der Waals surface area contributed by atoms with Gasteiger partial charge in [-0.1, -0.05) is 64.5 Å². The number of hydrazone groups is 1. The number of halogens is 1. The molecule has 4 nitrogen and oxygen atoms in total. The van der Waals surface area contributed by atoms with Gasteiger partial charge in [-0.2, -0.15) is 5.10 Å². The van der Waals surface area contributed by atoms with Crippen molar-refractivity contribution in [1.29, 1.82) is 0 Å². The zero-order valence-corrected chi connectivity index (χ0v) is 15.3. The molecule has 3 aromatic rings. The van der Waals surface area contributed by atoms with Gasteiger partial charge in [0, 0.05) is 15.5 Å². The summed E-state index contributed by atoms with van der Waals surface area (Å²) in [7, 11) is 0. The fraction of sp³-hybridized carbons (Fsp3) is 0.100. The number of carbonyl (C=O) groups is 1. The Bertz CT molecular complexity index is 901. The molecule has 1 unspecified atom stereocenters. The molecule has 25 heavy (non-hydrogen) atoms. The fourth-order valence-corrected chi connectivity index (χ4v) is 2.73. The molecule has 126 valence electrons. The maximum atomic E-state index is 12.2. The number of carbonyl (C=O) groups excluding carboxylic acids is 1. The molecule has 1 amide bonds.